The maximum Gasteiger partial charge on any atom is 0.417 e. The minimum absolute atomic E-state index is 0.0573. The number of aromatic nitrogens is 2. The largest absolute Gasteiger partial charge is 0.497 e. The summed E-state index contributed by atoms with van der Waals surface area (Å²) >= 11 is 1.03. The Labute approximate surface area is 275 Å². The van der Waals surface area contributed by atoms with E-state index in [0.29, 0.717) is 30.8 Å². The van der Waals surface area contributed by atoms with E-state index in [1.807, 2.05) is 28.9 Å². The average Bonchev–Trinajstić information content (AvgIpc) is 3.59. The van der Waals surface area contributed by atoms with Crippen LogP contribution in [0.25, 0.3) is 11.3 Å². The number of methoxy groups -OCH3 is 1. The van der Waals surface area contributed by atoms with Crippen LogP contribution in [-0.2, 0) is 25.7 Å². The molecule has 2 fully saturated rings. The Morgan fingerprint density at radius 2 is 1.79 bits per heavy atom. The Kier molecular flexibility index (Phi) is 10.3. The third kappa shape index (κ3) is 8.22. The van der Waals surface area contributed by atoms with Crippen molar-refractivity contribution in [2.45, 2.75) is 49.0 Å². The molecule has 0 spiro atoms. The number of piperazine rings is 1. The zero-order valence-electron chi connectivity index (χ0n) is 26.4. The second kappa shape index (κ2) is 14.3. The molecule has 6 rings (SSSR count). The lowest BCUT2D eigenvalue weighted by molar-refractivity contribution is -0.139. The standard InChI is InChI=1S/C33H41F5N6O2S/c1-46-26-5-3-24(4-6-26)43-14-12-41(13-15-43)20-25(45)21-44-29-8-10-39-19-27(29)31(40-44)23-2-7-28(33(36,37)38)30(18-23)47-17-16-42-11-9-32(34,35)22-42/h2-7,18,25,39,45H,8-17,19-22H2,1H3. The topological polar surface area (TPSA) is 69.0 Å². The number of nitrogens with one attached hydrogen (secondary N) is 1. The van der Waals surface area contributed by atoms with Gasteiger partial charge in [0.15, 0.2) is 0 Å². The van der Waals surface area contributed by atoms with E-state index in [9.17, 15) is 27.1 Å². The molecule has 0 aliphatic carbocycles. The van der Waals surface area contributed by atoms with Crippen LogP contribution in [0.5, 0.6) is 5.75 Å². The molecule has 1 unspecified atom stereocenters. The van der Waals surface area contributed by atoms with Gasteiger partial charge < -0.3 is 20.1 Å². The molecule has 2 saturated heterocycles. The van der Waals surface area contributed by atoms with Crippen LogP contribution in [0.4, 0.5) is 27.6 Å². The van der Waals surface area contributed by atoms with Crippen molar-refractivity contribution in [2.24, 2.45) is 0 Å². The molecule has 3 aliphatic heterocycles. The SMILES string of the molecule is COc1ccc(N2CCN(CC(O)Cn3nc(-c4ccc(C(F)(F)F)c(SCCN5CCC(F)(F)C5)c4)c4c3CCNC4)CC2)cc1. The summed E-state index contributed by atoms with van der Waals surface area (Å²) in [5.41, 5.74) is 3.46. The van der Waals surface area contributed by atoms with Gasteiger partial charge in [0, 0.05) is 105 Å². The highest BCUT2D eigenvalue weighted by Gasteiger charge is 2.38. The Morgan fingerprint density at radius 1 is 1.02 bits per heavy atom. The number of aliphatic hydroxyl groups excluding tert-OH is 1. The third-order valence-corrected chi connectivity index (χ3v) is 10.2. The van der Waals surface area contributed by atoms with Crippen LogP contribution in [0.15, 0.2) is 47.4 Å². The van der Waals surface area contributed by atoms with Crippen molar-refractivity contribution in [3.8, 4) is 17.0 Å². The van der Waals surface area contributed by atoms with Crippen molar-refractivity contribution in [3.05, 3.63) is 59.3 Å². The van der Waals surface area contributed by atoms with Crippen molar-refractivity contribution < 1.29 is 31.8 Å². The summed E-state index contributed by atoms with van der Waals surface area (Å²) in [6, 6.07) is 12.1. The van der Waals surface area contributed by atoms with Gasteiger partial charge in [-0.15, -0.1) is 11.8 Å². The van der Waals surface area contributed by atoms with E-state index in [1.54, 1.807) is 12.0 Å². The van der Waals surface area contributed by atoms with Gasteiger partial charge in [0.25, 0.3) is 5.92 Å². The molecule has 4 heterocycles. The number of ether oxygens (including phenoxy) is 1. The predicted octanol–water partition coefficient (Wildman–Crippen LogP) is 4.84. The summed E-state index contributed by atoms with van der Waals surface area (Å²) in [5, 5.41) is 19.3. The zero-order valence-corrected chi connectivity index (χ0v) is 27.2. The van der Waals surface area contributed by atoms with Crippen molar-refractivity contribution in [3.63, 3.8) is 0 Å². The van der Waals surface area contributed by atoms with Crippen molar-refractivity contribution in [1.82, 2.24) is 24.9 Å². The number of thioether (sulfide) groups is 1. The highest BCUT2D eigenvalue weighted by atomic mass is 32.2. The van der Waals surface area contributed by atoms with E-state index in [2.05, 4.69) is 15.1 Å². The Hall–Kier alpha value is -2.91. The second-order valence-corrected chi connectivity index (χ2v) is 13.6. The zero-order chi connectivity index (χ0) is 33.2. The summed E-state index contributed by atoms with van der Waals surface area (Å²) in [7, 11) is 1.65. The lowest BCUT2D eigenvalue weighted by Crippen LogP contribution is -2.49. The number of rotatable bonds is 11. The molecule has 14 heteroatoms. The van der Waals surface area contributed by atoms with Crippen LogP contribution in [-0.4, -0.2) is 108 Å². The van der Waals surface area contributed by atoms with Gasteiger partial charge in [0.2, 0.25) is 0 Å². The molecule has 1 aromatic heterocycles. The van der Waals surface area contributed by atoms with E-state index >= 15 is 0 Å². The van der Waals surface area contributed by atoms with Crippen molar-refractivity contribution in [1.29, 1.82) is 0 Å². The molecule has 47 heavy (non-hydrogen) atoms. The first-order valence-corrected chi connectivity index (χ1v) is 17.0. The van der Waals surface area contributed by atoms with Crippen LogP contribution in [0, 0.1) is 0 Å². The van der Waals surface area contributed by atoms with Crippen LogP contribution >= 0.6 is 11.8 Å². The number of fused-ring (bicyclic) bond motifs is 1. The normalized spacial score (nSPS) is 19.6. The highest BCUT2D eigenvalue weighted by molar-refractivity contribution is 7.99. The average molecular weight is 681 g/mol. The molecule has 8 nitrogen and oxygen atoms in total. The smallest absolute Gasteiger partial charge is 0.417 e. The van der Waals surface area contributed by atoms with Crippen LogP contribution < -0.4 is 15.0 Å². The van der Waals surface area contributed by atoms with Crippen LogP contribution in [0.1, 0.15) is 23.2 Å². The number of anilines is 1. The number of nitrogens with zero attached hydrogens (tertiary/aromatic N) is 5. The third-order valence-electron chi connectivity index (χ3n) is 9.14. The van der Waals surface area contributed by atoms with Gasteiger partial charge in [0.05, 0.1) is 37.6 Å². The first-order chi connectivity index (χ1) is 22.5. The van der Waals surface area contributed by atoms with E-state index in [1.165, 1.54) is 12.1 Å². The molecular weight excluding hydrogens is 639 g/mol. The van der Waals surface area contributed by atoms with Gasteiger partial charge in [-0.1, -0.05) is 6.07 Å². The maximum absolute atomic E-state index is 14.0. The van der Waals surface area contributed by atoms with Gasteiger partial charge >= 0.3 is 6.18 Å². The summed E-state index contributed by atoms with van der Waals surface area (Å²) in [5.74, 6) is -1.66. The number of alkyl halides is 5. The van der Waals surface area contributed by atoms with Crippen molar-refractivity contribution in [2.75, 3.05) is 76.7 Å². The number of likely N-dealkylation sites (tertiary alicyclic amines) is 1. The summed E-state index contributed by atoms with van der Waals surface area (Å²) in [6.07, 6.45) is -4.76. The Morgan fingerprint density at radius 3 is 2.47 bits per heavy atom. The Bertz CT molecular complexity index is 1510. The van der Waals surface area contributed by atoms with Gasteiger partial charge in [-0.3, -0.25) is 14.5 Å². The fourth-order valence-corrected chi connectivity index (χ4v) is 7.76. The number of hydrogen-bond acceptors (Lipinski definition) is 8. The number of aliphatic hydroxyl groups is 1. The lowest BCUT2D eigenvalue weighted by Gasteiger charge is -2.37. The summed E-state index contributed by atoms with van der Waals surface area (Å²) in [6.45, 7) is 5.49. The monoisotopic (exact) mass is 680 g/mol. The highest BCUT2D eigenvalue weighted by Crippen LogP contribution is 2.40. The molecular formula is C33H41F5N6O2S. The fourth-order valence-electron chi connectivity index (χ4n) is 6.65. The minimum Gasteiger partial charge on any atom is -0.497 e. The molecule has 0 amide bonds. The molecule has 3 aromatic rings. The van der Waals surface area contributed by atoms with E-state index in [-0.39, 0.29) is 43.2 Å². The number of hydrogen-bond donors (Lipinski definition) is 2. The van der Waals surface area contributed by atoms with Gasteiger partial charge in [-0.05, 0) is 36.4 Å². The lowest BCUT2D eigenvalue weighted by atomic mass is 10.0. The summed E-state index contributed by atoms with van der Waals surface area (Å²) in [4.78, 5) is 6.21. The molecule has 0 saturated carbocycles. The van der Waals surface area contributed by atoms with Gasteiger partial charge in [-0.2, -0.15) is 18.3 Å². The molecule has 2 N–H and O–H groups in total. The van der Waals surface area contributed by atoms with E-state index < -0.39 is 23.8 Å². The number of halogens is 5. The minimum atomic E-state index is -4.55. The molecule has 256 valence electrons. The van der Waals surface area contributed by atoms with Gasteiger partial charge in [-0.25, -0.2) is 8.78 Å². The van der Waals surface area contributed by atoms with E-state index in [0.717, 1.165) is 73.2 Å². The second-order valence-electron chi connectivity index (χ2n) is 12.5. The molecule has 2 aromatic carbocycles. The van der Waals surface area contributed by atoms with E-state index in [4.69, 9.17) is 9.84 Å². The maximum atomic E-state index is 14.0. The molecule has 0 radical (unpaired) electrons. The predicted molar refractivity (Wildman–Crippen MR) is 172 cm³/mol. The number of β-amino-alcohol motifs (C(OH)–C–C–N with tert-alkyl or cyclic N) is 1. The fraction of sp³-hybridized carbons (Fsp3) is 0.545. The number of benzene rings is 2. The molecule has 0 bridgehead atoms. The quantitative estimate of drug-likeness (QED) is 0.221. The van der Waals surface area contributed by atoms with Crippen LogP contribution in [0.3, 0.4) is 0 Å². The first-order valence-electron chi connectivity index (χ1n) is 16.0. The summed E-state index contributed by atoms with van der Waals surface area (Å²) < 4.78 is 76.2. The Balaban J connectivity index is 1.13. The van der Waals surface area contributed by atoms with Gasteiger partial charge in [0.1, 0.15) is 5.75 Å². The first kappa shape index (κ1) is 34.0. The molecule has 3 aliphatic rings. The van der Waals surface area contributed by atoms with Crippen molar-refractivity contribution >= 4 is 17.4 Å². The molecule has 1 atom stereocenters. The van der Waals surface area contributed by atoms with Crippen LogP contribution in [0.2, 0.25) is 0 Å².